The lowest BCUT2D eigenvalue weighted by Crippen LogP contribution is -2.11. The van der Waals surface area contributed by atoms with Crippen LogP contribution in [0.3, 0.4) is 0 Å². The Balaban J connectivity index is 2.63. The first kappa shape index (κ1) is 8.23. The third-order valence-corrected chi connectivity index (χ3v) is 2.07. The van der Waals surface area contributed by atoms with E-state index in [0.29, 0.717) is 0 Å². The molecule has 2 aromatic rings. The van der Waals surface area contributed by atoms with Crippen molar-refractivity contribution in [2.45, 2.75) is 26.2 Å². The van der Waals surface area contributed by atoms with Crippen LogP contribution in [0.2, 0.25) is 0 Å². The van der Waals surface area contributed by atoms with Crippen molar-refractivity contribution in [1.29, 1.82) is 0 Å². The van der Waals surface area contributed by atoms with Crippen molar-refractivity contribution in [1.82, 2.24) is 15.0 Å². The summed E-state index contributed by atoms with van der Waals surface area (Å²) in [5.41, 5.74) is 3.11. The molecule has 0 spiro atoms. The summed E-state index contributed by atoms with van der Waals surface area (Å²) in [4.78, 5) is 11.7. The fourth-order valence-electron chi connectivity index (χ4n) is 1.26. The molecule has 0 aromatic carbocycles. The lowest BCUT2D eigenvalue weighted by atomic mass is 9.93. The minimum absolute atomic E-state index is 0.127. The zero-order valence-electron chi connectivity index (χ0n) is 8.13. The van der Waals surface area contributed by atoms with Gasteiger partial charge in [-0.05, 0) is 6.07 Å². The van der Waals surface area contributed by atoms with Gasteiger partial charge >= 0.3 is 0 Å². The van der Waals surface area contributed by atoms with Crippen LogP contribution in [-0.4, -0.2) is 15.0 Å². The number of hydrogen-bond donors (Lipinski definition) is 1. The van der Waals surface area contributed by atoms with Gasteiger partial charge in [-0.15, -0.1) is 0 Å². The van der Waals surface area contributed by atoms with Gasteiger partial charge in [0.15, 0.2) is 5.65 Å². The van der Waals surface area contributed by atoms with E-state index in [9.17, 15) is 0 Å². The number of hydrogen-bond acceptors (Lipinski definition) is 2. The normalized spacial score (nSPS) is 12.2. The summed E-state index contributed by atoms with van der Waals surface area (Å²) in [7, 11) is 0. The zero-order chi connectivity index (χ0) is 9.47. The van der Waals surface area contributed by atoms with E-state index in [1.165, 1.54) is 5.69 Å². The van der Waals surface area contributed by atoms with Crippen LogP contribution in [0, 0.1) is 0 Å². The maximum absolute atomic E-state index is 4.22. The van der Waals surface area contributed by atoms with Crippen molar-refractivity contribution >= 4 is 11.2 Å². The standard InChI is InChI=1S/C10H13N3/c1-10(2,3)8-6-7-9(13-8)12-5-4-11-7/h4-6H,1-3H3,(H,12,13). The van der Waals surface area contributed by atoms with Gasteiger partial charge in [0.2, 0.25) is 0 Å². The van der Waals surface area contributed by atoms with Crippen molar-refractivity contribution in [3.63, 3.8) is 0 Å². The molecule has 3 nitrogen and oxygen atoms in total. The molecule has 0 atom stereocenters. The Kier molecular flexibility index (Phi) is 1.62. The van der Waals surface area contributed by atoms with Crippen LogP contribution in [0.25, 0.3) is 11.2 Å². The molecule has 0 radical (unpaired) electrons. The molecule has 1 N–H and O–H groups in total. The van der Waals surface area contributed by atoms with Crippen LogP contribution in [0.1, 0.15) is 26.5 Å². The fourth-order valence-corrected chi connectivity index (χ4v) is 1.26. The van der Waals surface area contributed by atoms with Crippen molar-refractivity contribution in [3.05, 3.63) is 24.2 Å². The molecule has 3 heteroatoms. The summed E-state index contributed by atoms with van der Waals surface area (Å²) in [5, 5.41) is 0. The molecule has 2 aromatic heterocycles. The van der Waals surface area contributed by atoms with Crippen LogP contribution in [0.5, 0.6) is 0 Å². The zero-order valence-corrected chi connectivity index (χ0v) is 8.13. The number of fused-ring (bicyclic) bond motifs is 1. The maximum Gasteiger partial charge on any atom is 0.156 e. The highest BCUT2D eigenvalue weighted by atomic mass is 14.9. The highest BCUT2D eigenvalue weighted by Crippen LogP contribution is 2.23. The Morgan fingerprint density at radius 2 is 1.85 bits per heavy atom. The minimum atomic E-state index is 0.127. The molecule has 0 aliphatic rings. The summed E-state index contributed by atoms with van der Waals surface area (Å²) >= 11 is 0. The number of aromatic amines is 1. The number of aromatic nitrogens is 3. The van der Waals surface area contributed by atoms with E-state index in [1.807, 2.05) is 0 Å². The Bertz CT molecular complexity index is 390. The van der Waals surface area contributed by atoms with E-state index in [1.54, 1.807) is 12.4 Å². The van der Waals surface area contributed by atoms with Crippen molar-refractivity contribution in [2.24, 2.45) is 0 Å². The van der Waals surface area contributed by atoms with Crippen LogP contribution in [-0.2, 0) is 5.41 Å². The number of nitrogens with zero attached hydrogens (tertiary/aromatic N) is 2. The van der Waals surface area contributed by atoms with Gasteiger partial charge in [-0.1, -0.05) is 20.8 Å². The number of rotatable bonds is 0. The minimum Gasteiger partial charge on any atom is -0.341 e. The Labute approximate surface area is 77.2 Å². The van der Waals surface area contributed by atoms with Crippen molar-refractivity contribution in [2.75, 3.05) is 0 Å². The molecule has 0 unspecified atom stereocenters. The van der Waals surface area contributed by atoms with E-state index in [4.69, 9.17) is 0 Å². The second-order valence-electron chi connectivity index (χ2n) is 4.22. The highest BCUT2D eigenvalue weighted by molar-refractivity contribution is 5.71. The largest absolute Gasteiger partial charge is 0.341 e. The molecule has 0 amide bonds. The predicted molar refractivity (Wildman–Crippen MR) is 52.6 cm³/mol. The van der Waals surface area contributed by atoms with E-state index >= 15 is 0 Å². The molecule has 0 bridgehead atoms. The van der Waals surface area contributed by atoms with E-state index in [2.05, 4.69) is 41.8 Å². The van der Waals surface area contributed by atoms with Gasteiger partial charge in [-0.25, -0.2) is 4.98 Å². The van der Waals surface area contributed by atoms with Crippen LogP contribution in [0.4, 0.5) is 0 Å². The summed E-state index contributed by atoms with van der Waals surface area (Å²) in [6.45, 7) is 6.49. The fraction of sp³-hybridized carbons (Fsp3) is 0.400. The Morgan fingerprint density at radius 3 is 2.46 bits per heavy atom. The lowest BCUT2D eigenvalue weighted by Gasteiger charge is -2.15. The summed E-state index contributed by atoms with van der Waals surface area (Å²) in [5.74, 6) is 0. The SMILES string of the molecule is CC(C)(C)c1cc2nccnc2[nH]1. The second-order valence-corrected chi connectivity index (χ2v) is 4.22. The molecule has 0 saturated heterocycles. The second kappa shape index (κ2) is 2.55. The van der Waals surface area contributed by atoms with Gasteiger partial charge in [0.25, 0.3) is 0 Å². The number of nitrogens with one attached hydrogen (secondary N) is 1. The highest BCUT2D eigenvalue weighted by Gasteiger charge is 2.16. The maximum atomic E-state index is 4.22. The molecular weight excluding hydrogens is 162 g/mol. The van der Waals surface area contributed by atoms with Crippen LogP contribution < -0.4 is 0 Å². The first-order valence-corrected chi connectivity index (χ1v) is 4.37. The molecule has 13 heavy (non-hydrogen) atoms. The van der Waals surface area contributed by atoms with E-state index in [-0.39, 0.29) is 5.41 Å². The van der Waals surface area contributed by atoms with Crippen LogP contribution >= 0.6 is 0 Å². The van der Waals surface area contributed by atoms with Crippen molar-refractivity contribution in [3.8, 4) is 0 Å². The molecule has 0 fully saturated rings. The topological polar surface area (TPSA) is 41.6 Å². The molecule has 0 saturated carbocycles. The first-order chi connectivity index (χ1) is 6.07. The Hall–Kier alpha value is -1.38. The van der Waals surface area contributed by atoms with Gasteiger partial charge in [0.05, 0.1) is 0 Å². The van der Waals surface area contributed by atoms with Gasteiger partial charge in [0.1, 0.15) is 5.52 Å². The molecule has 2 heterocycles. The predicted octanol–water partition coefficient (Wildman–Crippen LogP) is 2.26. The first-order valence-electron chi connectivity index (χ1n) is 4.37. The monoisotopic (exact) mass is 175 g/mol. The molecular formula is C10H13N3. The van der Waals surface area contributed by atoms with Crippen molar-refractivity contribution < 1.29 is 0 Å². The van der Waals surface area contributed by atoms with Gasteiger partial charge in [0, 0.05) is 23.5 Å². The molecule has 0 aliphatic heterocycles. The summed E-state index contributed by atoms with van der Waals surface area (Å²) in [6, 6.07) is 2.06. The average molecular weight is 175 g/mol. The third kappa shape index (κ3) is 1.41. The quantitative estimate of drug-likeness (QED) is 0.667. The number of H-pyrrole nitrogens is 1. The van der Waals surface area contributed by atoms with Gasteiger partial charge in [-0.2, -0.15) is 0 Å². The summed E-state index contributed by atoms with van der Waals surface area (Å²) in [6.07, 6.45) is 3.41. The Morgan fingerprint density at radius 1 is 1.15 bits per heavy atom. The lowest BCUT2D eigenvalue weighted by molar-refractivity contribution is 0.574. The van der Waals surface area contributed by atoms with Gasteiger partial charge in [-0.3, -0.25) is 4.98 Å². The molecule has 2 rings (SSSR count). The van der Waals surface area contributed by atoms with E-state index < -0.39 is 0 Å². The molecule has 68 valence electrons. The third-order valence-electron chi connectivity index (χ3n) is 2.07. The average Bonchev–Trinajstić information content (AvgIpc) is 2.45. The summed E-state index contributed by atoms with van der Waals surface area (Å²) < 4.78 is 0. The smallest absolute Gasteiger partial charge is 0.156 e. The van der Waals surface area contributed by atoms with Crippen LogP contribution in [0.15, 0.2) is 18.5 Å². The van der Waals surface area contributed by atoms with Gasteiger partial charge < -0.3 is 4.98 Å². The molecule has 0 aliphatic carbocycles. The van der Waals surface area contributed by atoms with E-state index in [0.717, 1.165) is 11.2 Å².